The van der Waals surface area contributed by atoms with Crippen molar-refractivity contribution < 1.29 is 9.59 Å². The number of rotatable bonds is 4. The van der Waals surface area contributed by atoms with Gasteiger partial charge in [0.05, 0.1) is 11.3 Å². The minimum absolute atomic E-state index is 0.247. The molecule has 3 aromatic rings. The monoisotopic (exact) mass is 428 g/mol. The number of hydrogen-bond acceptors (Lipinski definition) is 4. The Morgan fingerprint density at radius 1 is 0.903 bits per heavy atom. The summed E-state index contributed by atoms with van der Waals surface area (Å²) in [5.74, 6) is -0.107. The van der Waals surface area contributed by atoms with Gasteiger partial charge in [0.15, 0.2) is 0 Å². The minimum Gasteiger partial charge on any atom is -0.336 e. The second kappa shape index (κ2) is 7.82. The van der Waals surface area contributed by atoms with Gasteiger partial charge in [-0.15, -0.1) is 11.3 Å². The number of nitrogens with zero attached hydrogens (tertiary/aromatic N) is 2. The molecule has 0 saturated heterocycles. The molecule has 156 valence electrons. The van der Waals surface area contributed by atoms with Gasteiger partial charge < -0.3 is 4.90 Å². The predicted octanol–water partition coefficient (Wildman–Crippen LogP) is 5.61. The van der Waals surface area contributed by atoms with Gasteiger partial charge in [-0.3, -0.25) is 9.59 Å². The van der Waals surface area contributed by atoms with E-state index in [9.17, 15) is 9.59 Å². The molecular formula is C26H24N2O2S. The highest BCUT2D eigenvalue weighted by Crippen LogP contribution is 2.40. The average Bonchev–Trinajstić information content (AvgIpc) is 3.39. The maximum atomic E-state index is 13.8. The first-order chi connectivity index (χ1) is 15.1. The number of para-hydroxylation sites is 1. The minimum atomic E-state index is -0.248. The van der Waals surface area contributed by atoms with Crippen molar-refractivity contribution >= 4 is 40.1 Å². The van der Waals surface area contributed by atoms with Crippen LogP contribution in [0.3, 0.4) is 0 Å². The molecule has 3 heterocycles. The van der Waals surface area contributed by atoms with Crippen molar-refractivity contribution in [2.45, 2.75) is 32.6 Å². The molecule has 2 aliphatic rings. The van der Waals surface area contributed by atoms with Gasteiger partial charge >= 0.3 is 0 Å². The van der Waals surface area contributed by atoms with E-state index in [4.69, 9.17) is 0 Å². The molecule has 0 unspecified atom stereocenters. The summed E-state index contributed by atoms with van der Waals surface area (Å²) in [6, 6.07) is 19.8. The summed E-state index contributed by atoms with van der Waals surface area (Å²) >= 11 is 1.49. The molecule has 0 N–H and O–H groups in total. The molecule has 0 atom stereocenters. The Morgan fingerprint density at radius 3 is 2.39 bits per heavy atom. The molecule has 2 amide bonds. The van der Waals surface area contributed by atoms with Crippen molar-refractivity contribution in [3.8, 4) is 0 Å². The van der Waals surface area contributed by atoms with Crippen molar-refractivity contribution in [3.63, 3.8) is 0 Å². The topological polar surface area (TPSA) is 40.6 Å². The van der Waals surface area contributed by atoms with Crippen molar-refractivity contribution in [3.05, 3.63) is 87.7 Å². The highest BCUT2D eigenvalue weighted by Gasteiger charge is 2.43. The zero-order chi connectivity index (χ0) is 21.5. The van der Waals surface area contributed by atoms with Crippen LogP contribution in [0.2, 0.25) is 0 Å². The molecule has 1 aromatic heterocycles. The average molecular weight is 429 g/mol. The van der Waals surface area contributed by atoms with Crippen LogP contribution in [0.5, 0.6) is 0 Å². The summed E-state index contributed by atoms with van der Waals surface area (Å²) in [4.78, 5) is 31.6. The third-order valence-electron chi connectivity index (χ3n) is 6.03. The molecule has 2 aromatic carbocycles. The third-order valence-corrected chi connectivity index (χ3v) is 6.91. The van der Waals surface area contributed by atoms with Crippen LogP contribution in [-0.2, 0) is 16.0 Å². The fourth-order valence-electron chi connectivity index (χ4n) is 4.42. The fourth-order valence-corrected chi connectivity index (χ4v) is 5.18. The predicted molar refractivity (Wildman–Crippen MR) is 126 cm³/mol. The molecule has 0 bridgehead atoms. The molecule has 0 spiro atoms. The van der Waals surface area contributed by atoms with Crippen molar-refractivity contribution in [2.75, 3.05) is 16.3 Å². The van der Waals surface area contributed by atoms with E-state index >= 15 is 0 Å². The van der Waals surface area contributed by atoms with E-state index in [0.717, 1.165) is 30.0 Å². The van der Waals surface area contributed by atoms with E-state index in [1.165, 1.54) is 27.4 Å². The van der Waals surface area contributed by atoms with Crippen LogP contribution in [-0.4, -0.2) is 18.4 Å². The molecule has 5 rings (SSSR count). The third kappa shape index (κ3) is 3.29. The molecular weight excluding hydrogens is 404 g/mol. The normalized spacial score (nSPS) is 16.5. The van der Waals surface area contributed by atoms with Gasteiger partial charge in [-0.05, 0) is 59.5 Å². The zero-order valence-corrected chi connectivity index (χ0v) is 18.5. The number of benzene rings is 2. The number of aryl methyl sites for hydroxylation is 1. The lowest BCUT2D eigenvalue weighted by atomic mass is 10.00. The first-order valence-corrected chi connectivity index (χ1v) is 11.6. The van der Waals surface area contributed by atoms with E-state index in [-0.39, 0.29) is 11.8 Å². The summed E-state index contributed by atoms with van der Waals surface area (Å²) in [6.07, 6.45) is 1.93. The zero-order valence-electron chi connectivity index (χ0n) is 17.7. The van der Waals surface area contributed by atoms with Crippen molar-refractivity contribution in [1.29, 1.82) is 0 Å². The Bertz CT molecular complexity index is 1180. The second-order valence-corrected chi connectivity index (χ2v) is 9.22. The lowest BCUT2D eigenvalue weighted by molar-refractivity contribution is -0.120. The van der Waals surface area contributed by atoms with Crippen LogP contribution in [0, 0.1) is 0 Å². The summed E-state index contributed by atoms with van der Waals surface area (Å²) < 4.78 is 0. The van der Waals surface area contributed by atoms with Crippen LogP contribution in [0.15, 0.2) is 71.7 Å². The van der Waals surface area contributed by atoms with Gasteiger partial charge in [0.2, 0.25) is 0 Å². The first-order valence-electron chi connectivity index (χ1n) is 10.7. The van der Waals surface area contributed by atoms with Gasteiger partial charge in [0, 0.05) is 17.1 Å². The maximum Gasteiger partial charge on any atom is 0.282 e. The Hall–Kier alpha value is -3.18. The Kier molecular flexibility index (Phi) is 4.98. The molecule has 5 heteroatoms. The largest absolute Gasteiger partial charge is 0.336 e. The quantitative estimate of drug-likeness (QED) is 0.507. The summed E-state index contributed by atoms with van der Waals surface area (Å²) in [5.41, 5.74) is 5.04. The number of carbonyl (C=O) groups is 2. The lowest BCUT2D eigenvalue weighted by Gasteiger charge is -2.32. The molecule has 0 saturated carbocycles. The van der Waals surface area contributed by atoms with Gasteiger partial charge in [0.1, 0.15) is 5.70 Å². The maximum absolute atomic E-state index is 13.8. The van der Waals surface area contributed by atoms with Crippen LogP contribution < -0.4 is 9.80 Å². The Balaban J connectivity index is 1.63. The molecule has 2 aliphatic heterocycles. The van der Waals surface area contributed by atoms with E-state index in [1.54, 1.807) is 0 Å². The van der Waals surface area contributed by atoms with Crippen molar-refractivity contribution in [2.24, 2.45) is 0 Å². The standard InChI is InChI=1S/C26H24N2O2S/c1-17(2)18-11-13-20(14-12-18)28-25(29)23(22-10-6-16-31-22)24(26(28)30)27-15-5-8-19-7-3-4-9-21(19)27/h3-4,6-7,9-14,16-17H,5,8,15H2,1-2H3. The van der Waals surface area contributed by atoms with Gasteiger partial charge in [0.25, 0.3) is 11.8 Å². The van der Waals surface area contributed by atoms with Gasteiger partial charge in [-0.1, -0.05) is 50.2 Å². The molecule has 0 fully saturated rings. The molecule has 31 heavy (non-hydrogen) atoms. The van der Waals surface area contributed by atoms with E-state index in [2.05, 4.69) is 24.8 Å². The lowest BCUT2D eigenvalue weighted by Crippen LogP contribution is -2.37. The second-order valence-electron chi connectivity index (χ2n) is 8.28. The summed E-state index contributed by atoms with van der Waals surface area (Å²) in [6.45, 7) is 4.98. The SMILES string of the molecule is CC(C)c1ccc(N2C(=O)C(c3cccs3)=C(N3CCCc4ccccc43)C2=O)cc1. The van der Waals surface area contributed by atoms with Crippen molar-refractivity contribution in [1.82, 2.24) is 0 Å². The number of imide groups is 1. The van der Waals surface area contributed by atoms with E-state index in [1.807, 2.05) is 60.0 Å². The number of fused-ring (bicyclic) bond motifs is 1. The highest BCUT2D eigenvalue weighted by molar-refractivity contribution is 7.11. The Labute approximate surface area is 186 Å². The van der Waals surface area contributed by atoms with Crippen LogP contribution >= 0.6 is 11.3 Å². The fraction of sp³-hybridized carbons (Fsp3) is 0.231. The first kappa shape index (κ1) is 19.8. The van der Waals surface area contributed by atoms with E-state index < -0.39 is 0 Å². The summed E-state index contributed by atoms with van der Waals surface area (Å²) in [5, 5.41) is 1.95. The van der Waals surface area contributed by atoms with E-state index in [0.29, 0.717) is 22.9 Å². The molecule has 0 aliphatic carbocycles. The van der Waals surface area contributed by atoms with Gasteiger partial charge in [-0.25, -0.2) is 4.90 Å². The van der Waals surface area contributed by atoms with Gasteiger partial charge in [-0.2, -0.15) is 0 Å². The number of thiophene rings is 1. The highest BCUT2D eigenvalue weighted by atomic mass is 32.1. The number of amides is 2. The molecule has 4 nitrogen and oxygen atoms in total. The number of hydrogen-bond donors (Lipinski definition) is 0. The smallest absolute Gasteiger partial charge is 0.282 e. The Morgan fingerprint density at radius 2 is 1.68 bits per heavy atom. The van der Waals surface area contributed by atoms with Crippen LogP contribution in [0.25, 0.3) is 5.57 Å². The van der Waals surface area contributed by atoms with Crippen LogP contribution in [0.4, 0.5) is 11.4 Å². The van der Waals surface area contributed by atoms with Crippen LogP contribution in [0.1, 0.15) is 42.2 Å². The number of anilines is 2. The number of carbonyl (C=O) groups excluding carboxylic acids is 2. The summed E-state index contributed by atoms with van der Waals surface area (Å²) in [7, 11) is 0. The molecule has 0 radical (unpaired) electrons.